The van der Waals surface area contributed by atoms with Crippen molar-refractivity contribution in [3.63, 3.8) is 0 Å². The van der Waals surface area contributed by atoms with E-state index in [2.05, 4.69) is 30.2 Å². The number of hydrogen-bond donors (Lipinski definition) is 1. The Bertz CT molecular complexity index is 891. The number of hydrogen-bond acceptors (Lipinski definition) is 6. The van der Waals surface area contributed by atoms with Gasteiger partial charge in [-0.05, 0) is 38.3 Å². The van der Waals surface area contributed by atoms with Crippen LogP contribution in [0, 0.1) is 6.92 Å². The van der Waals surface area contributed by atoms with E-state index < -0.39 is 0 Å². The molecule has 0 spiro atoms. The molecule has 0 bridgehead atoms. The number of allylic oxidation sites excluding steroid dienone is 1. The van der Waals surface area contributed by atoms with E-state index in [9.17, 15) is 4.79 Å². The molecule has 156 valence electrons. The molecule has 1 aromatic carbocycles. The number of thioether (sulfide) groups is 1. The molecule has 2 heterocycles. The third-order valence-corrected chi connectivity index (χ3v) is 5.96. The lowest BCUT2D eigenvalue weighted by Crippen LogP contribution is -2.30. The maximum atomic E-state index is 12.8. The van der Waals surface area contributed by atoms with Crippen LogP contribution in [-0.2, 0) is 9.53 Å². The van der Waals surface area contributed by atoms with Gasteiger partial charge in [-0.15, -0.1) is 5.10 Å². The molecule has 0 fully saturated rings. The number of nitrogens with one attached hydrogen (secondary N) is 1. The number of unbranched alkanes of at least 4 members (excludes halogenated alkanes) is 3. The Labute approximate surface area is 177 Å². The highest BCUT2D eigenvalue weighted by Gasteiger charge is 2.35. The van der Waals surface area contributed by atoms with Crippen LogP contribution in [0.3, 0.4) is 0 Å². The summed E-state index contributed by atoms with van der Waals surface area (Å²) in [5, 5.41) is 8.75. The molecular weight excluding hydrogens is 384 g/mol. The van der Waals surface area contributed by atoms with E-state index in [0.29, 0.717) is 18.1 Å². The van der Waals surface area contributed by atoms with Crippen molar-refractivity contribution in [1.82, 2.24) is 14.8 Å². The Morgan fingerprint density at radius 3 is 2.72 bits per heavy atom. The minimum Gasteiger partial charge on any atom is -0.463 e. The highest BCUT2D eigenvalue weighted by molar-refractivity contribution is 7.99. The van der Waals surface area contributed by atoms with E-state index in [1.165, 1.54) is 19.3 Å². The average Bonchev–Trinajstić information content (AvgIpc) is 3.09. The van der Waals surface area contributed by atoms with Crippen LogP contribution in [0.5, 0.6) is 0 Å². The summed E-state index contributed by atoms with van der Waals surface area (Å²) in [4.78, 5) is 17.5. The van der Waals surface area contributed by atoms with Crippen molar-refractivity contribution in [2.24, 2.45) is 0 Å². The number of rotatable bonds is 9. The molecule has 0 saturated carbocycles. The monoisotopic (exact) mass is 414 g/mol. The van der Waals surface area contributed by atoms with E-state index >= 15 is 0 Å². The van der Waals surface area contributed by atoms with Crippen molar-refractivity contribution in [2.75, 3.05) is 17.7 Å². The van der Waals surface area contributed by atoms with Gasteiger partial charge >= 0.3 is 5.97 Å². The lowest BCUT2D eigenvalue weighted by molar-refractivity contribution is -0.139. The van der Waals surface area contributed by atoms with E-state index in [-0.39, 0.29) is 12.0 Å². The summed E-state index contributed by atoms with van der Waals surface area (Å²) < 4.78 is 7.19. The molecule has 0 saturated heterocycles. The summed E-state index contributed by atoms with van der Waals surface area (Å²) in [5.41, 5.74) is 3.47. The number of ether oxygens (including phenoxy) is 1. The molecule has 1 aliphatic rings. The second-order valence-corrected chi connectivity index (χ2v) is 8.28. The van der Waals surface area contributed by atoms with Gasteiger partial charge in [-0.2, -0.15) is 4.98 Å². The van der Waals surface area contributed by atoms with Crippen LogP contribution in [0.4, 0.5) is 5.95 Å². The molecule has 6 nitrogen and oxygen atoms in total. The summed E-state index contributed by atoms with van der Waals surface area (Å²) in [7, 11) is 0. The van der Waals surface area contributed by atoms with Crippen LogP contribution < -0.4 is 5.32 Å². The highest BCUT2D eigenvalue weighted by Crippen LogP contribution is 2.37. The quantitative estimate of drug-likeness (QED) is 0.349. The van der Waals surface area contributed by atoms with Gasteiger partial charge in [0.25, 0.3) is 0 Å². The first-order valence-electron chi connectivity index (χ1n) is 10.4. The first kappa shape index (κ1) is 21.4. The second-order valence-electron chi connectivity index (χ2n) is 7.21. The highest BCUT2D eigenvalue weighted by atomic mass is 32.2. The summed E-state index contributed by atoms with van der Waals surface area (Å²) in [6.07, 6.45) is 4.87. The Morgan fingerprint density at radius 1 is 1.21 bits per heavy atom. The second kappa shape index (κ2) is 9.96. The number of benzene rings is 1. The summed E-state index contributed by atoms with van der Waals surface area (Å²) in [6, 6.07) is 7.73. The third-order valence-electron chi connectivity index (χ3n) is 5.04. The smallest absolute Gasteiger partial charge is 0.338 e. The molecule has 3 rings (SSSR count). The molecule has 0 aliphatic carbocycles. The molecule has 7 heteroatoms. The van der Waals surface area contributed by atoms with Crippen LogP contribution in [0.25, 0.3) is 0 Å². The fourth-order valence-corrected chi connectivity index (χ4v) is 4.37. The Balaban J connectivity index is 1.94. The summed E-state index contributed by atoms with van der Waals surface area (Å²) in [5.74, 6) is 1.34. The minimum absolute atomic E-state index is 0.319. The number of aryl methyl sites for hydroxylation is 1. The summed E-state index contributed by atoms with van der Waals surface area (Å²) >= 11 is 1.67. The molecule has 29 heavy (non-hydrogen) atoms. The van der Waals surface area contributed by atoms with Crippen molar-refractivity contribution >= 4 is 23.7 Å². The molecule has 2 aromatic rings. The van der Waals surface area contributed by atoms with E-state index in [4.69, 9.17) is 9.84 Å². The number of nitrogens with zero attached hydrogens (tertiary/aromatic N) is 3. The maximum Gasteiger partial charge on any atom is 0.338 e. The number of carbonyl (C=O) groups excluding carboxylic acids is 1. The zero-order valence-electron chi connectivity index (χ0n) is 17.7. The van der Waals surface area contributed by atoms with E-state index in [0.717, 1.165) is 34.2 Å². The van der Waals surface area contributed by atoms with Crippen molar-refractivity contribution in [3.05, 3.63) is 46.7 Å². The van der Waals surface area contributed by atoms with Crippen molar-refractivity contribution < 1.29 is 9.53 Å². The van der Waals surface area contributed by atoms with Crippen LogP contribution in [0.15, 0.2) is 40.7 Å². The summed E-state index contributed by atoms with van der Waals surface area (Å²) in [6.45, 7) is 8.31. The molecule has 0 amide bonds. The van der Waals surface area contributed by atoms with Crippen LogP contribution >= 0.6 is 11.8 Å². The first-order valence-corrected chi connectivity index (χ1v) is 11.3. The van der Waals surface area contributed by atoms with E-state index in [1.807, 2.05) is 36.7 Å². The Kier molecular flexibility index (Phi) is 7.36. The lowest BCUT2D eigenvalue weighted by atomic mass is 9.93. The van der Waals surface area contributed by atoms with Gasteiger partial charge in [-0.25, -0.2) is 9.48 Å². The third kappa shape index (κ3) is 4.83. The van der Waals surface area contributed by atoms with Gasteiger partial charge in [0.1, 0.15) is 6.04 Å². The van der Waals surface area contributed by atoms with E-state index in [1.54, 1.807) is 11.8 Å². The predicted octanol–water partition coefficient (Wildman–Crippen LogP) is 5.11. The molecule has 1 unspecified atom stereocenters. The Hall–Kier alpha value is -2.28. The van der Waals surface area contributed by atoms with Gasteiger partial charge in [-0.3, -0.25) is 0 Å². The number of fused-ring (bicyclic) bond motifs is 1. The Morgan fingerprint density at radius 2 is 2.00 bits per heavy atom. The molecule has 1 aromatic heterocycles. The van der Waals surface area contributed by atoms with Gasteiger partial charge in [0, 0.05) is 11.4 Å². The topological polar surface area (TPSA) is 69.0 Å². The lowest BCUT2D eigenvalue weighted by Gasteiger charge is -2.28. The van der Waals surface area contributed by atoms with Crippen LogP contribution in [0.2, 0.25) is 0 Å². The SMILES string of the molecule is CCCCCCSc1nc2n(n1)C(c1ccccc1C)C(C(=O)OCC)=C(C)N2. The number of aromatic nitrogens is 3. The molecule has 0 radical (unpaired) electrons. The van der Waals surface area contributed by atoms with Crippen molar-refractivity contribution in [2.45, 2.75) is 64.6 Å². The molecule has 1 N–H and O–H groups in total. The fourth-order valence-electron chi connectivity index (χ4n) is 3.54. The normalized spacial score (nSPS) is 15.8. The van der Waals surface area contributed by atoms with Crippen molar-refractivity contribution in [3.8, 4) is 0 Å². The first-order chi connectivity index (χ1) is 14.1. The standard InChI is InChI=1S/C22H30N4O2S/c1-5-7-8-11-14-29-22-24-21-23-16(4)18(20(27)28-6-2)19(26(21)25-22)17-13-10-9-12-15(17)3/h9-10,12-13,19H,5-8,11,14H2,1-4H3,(H,23,24,25). The van der Waals surface area contributed by atoms with Crippen LogP contribution in [-0.4, -0.2) is 33.1 Å². The molecule has 1 atom stereocenters. The number of carbonyl (C=O) groups is 1. The van der Waals surface area contributed by atoms with Gasteiger partial charge in [0.2, 0.25) is 11.1 Å². The zero-order valence-corrected chi connectivity index (χ0v) is 18.5. The van der Waals surface area contributed by atoms with Gasteiger partial charge in [0.05, 0.1) is 12.2 Å². The van der Waals surface area contributed by atoms with Gasteiger partial charge < -0.3 is 10.1 Å². The fraction of sp³-hybridized carbons (Fsp3) is 0.500. The zero-order chi connectivity index (χ0) is 20.8. The number of esters is 1. The van der Waals surface area contributed by atoms with Crippen LogP contribution in [0.1, 0.15) is 63.6 Å². The van der Waals surface area contributed by atoms with Crippen molar-refractivity contribution in [1.29, 1.82) is 0 Å². The minimum atomic E-state index is -0.353. The maximum absolute atomic E-state index is 12.8. The average molecular weight is 415 g/mol. The molecule has 1 aliphatic heterocycles. The molecular formula is C22H30N4O2S. The van der Waals surface area contributed by atoms with Gasteiger partial charge in [-0.1, -0.05) is 62.2 Å². The number of anilines is 1. The van der Waals surface area contributed by atoms with Gasteiger partial charge in [0.15, 0.2) is 0 Å². The largest absolute Gasteiger partial charge is 0.463 e. The predicted molar refractivity (Wildman–Crippen MR) is 117 cm³/mol.